The summed E-state index contributed by atoms with van der Waals surface area (Å²) < 4.78 is 6.16. The number of carbonyl (C=O) groups excluding carboxylic acids is 2. The molecule has 0 bridgehead atoms. The van der Waals surface area contributed by atoms with Crippen molar-refractivity contribution in [3.63, 3.8) is 0 Å². The molecule has 0 spiro atoms. The lowest BCUT2D eigenvalue weighted by Crippen LogP contribution is -2.14. The first-order valence-corrected chi connectivity index (χ1v) is 10.0. The molecule has 7 heteroatoms. The first-order valence-electron chi connectivity index (χ1n) is 8.87. The molecule has 0 fully saturated rings. The van der Waals surface area contributed by atoms with E-state index < -0.39 is 0 Å². The molecule has 0 radical (unpaired) electrons. The molecule has 2 amide bonds. The van der Waals surface area contributed by atoms with Gasteiger partial charge in [0.25, 0.3) is 11.8 Å². The van der Waals surface area contributed by atoms with Crippen molar-refractivity contribution < 1.29 is 14.3 Å². The van der Waals surface area contributed by atoms with Crippen LogP contribution < -0.4 is 15.4 Å². The van der Waals surface area contributed by atoms with Crippen LogP contribution in [0.25, 0.3) is 0 Å². The molecular weight excluding hydrogens is 456 g/mol. The lowest BCUT2D eigenvalue weighted by atomic mass is 10.2. The Morgan fingerprint density at radius 2 is 1.52 bits per heavy atom. The van der Waals surface area contributed by atoms with E-state index in [1.54, 1.807) is 66.7 Å². The smallest absolute Gasteiger partial charge is 0.255 e. The van der Waals surface area contributed by atoms with E-state index in [9.17, 15) is 9.59 Å². The topological polar surface area (TPSA) is 67.4 Å². The predicted molar refractivity (Wildman–Crippen MR) is 119 cm³/mol. The highest BCUT2D eigenvalue weighted by Gasteiger charge is 2.11. The number of hydrogen-bond acceptors (Lipinski definition) is 3. The van der Waals surface area contributed by atoms with E-state index in [0.717, 1.165) is 0 Å². The van der Waals surface area contributed by atoms with E-state index in [0.29, 0.717) is 44.4 Å². The summed E-state index contributed by atoms with van der Waals surface area (Å²) >= 11 is 9.34. The molecule has 0 aliphatic carbocycles. The van der Waals surface area contributed by atoms with Crippen LogP contribution in [0.1, 0.15) is 27.6 Å². The van der Waals surface area contributed by atoms with Gasteiger partial charge in [0.15, 0.2) is 0 Å². The molecule has 3 rings (SSSR count). The fourth-order valence-electron chi connectivity index (χ4n) is 2.63. The van der Waals surface area contributed by atoms with Gasteiger partial charge in [-0.1, -0.05) is 23.7 Å². The Morgan fingerprint density at radius 3 is 2.10 bits per heavy atom. The zero-order valence-electron chi connectivity index (χ0n) is 15.5. The number of benzene rings is 3. The summed E-state index contributed by atoms with van der Waals surface area (Å²) in [6.45, 7) is 2.43. The summed E-state index contributed by atoms with van der Waals surface area (Å²) in [6, 6.07) is 18.7. The number of anilines is 2. The number of amides is 2. The molecule has 3 aromatic carbocycles. The lowest BCUT2D eigenvalue weighted by Gasteiger charge is -2.10. The standard InChI is InChI=1S/C22H18BrClN2O3/c1-2-29-20-10-9-15(12-19(20)23)22(28)26-18-8-4-7-17(13-18)25-21(27)14-5-3-6-16(24)11-14/h3-13H,2H2,1H3,(H,25,27)(H,26,28). The Labute approximate surface area is 182 Å². The predicted octanol–water partition coefficient (Wildman–Crippen LogP) is 6.01. The third kappa shape index (κ3) is 5.59. The van der Waals surface area contributed by atoms with Gasteiger partial charge in [-0.15, -0.1) is 0 Å². The second kappa shape index (κ2) is 9.58. The largest absolute Gasteiger partial charge is 0.493 e. The Morgan fingerprint density at radius 1 is 0.897 bits per heavy atom. The van der Waals surface area contributed by atoms with Crippen molar-refractivity contribution >= 4 is 50.7 Å². The minimum Gasteiger partial charge on any atom is -0.493 e. The number of halogens is 2. The van der Waals surface area contributed by atoms with Crippen molar-refractivity contribution in [2.45, 2.75) is 6.92 Å². The molecule has 0 aliphatic rings. The number of rotatable bonds is 6. The summed E-state index contributed by atoms with van der Waals surface area (Å²) in [6.07, 6.45) is 0. The van der Waals surface area contributed by atoms with Crippen molar-refractivity contribution in [2.24, 2.45) is 0 Å². The van der Waals surface area contributed by atoms with Crippen LogP contribution in [0.3, 0.4) is 0 Å². The van der Waals surface area contributed by atoms with Gasteiger partial charge in [-0.05, 0) is 77.5 Å². The fourth-order valence-corrected chi connectivity index (χ4v) is 3.31. The Kier molecular flexibility index (Phi) is 6.90. The van der Waals surface area contributed by atoms with Gasteiger partial charge in [-0.3, -0.25) is 9.59 Å². The van der Waals surface area contributed by atoms with Crippen LogP contribution in [0.5, 0.6) is 5.75 Å². The van der Waals surface area contributed by atoms with Crippen LogP contribution in [0, 0.1) is 0 Å². The van der Waals surface area contributed by atoms with Crippen molar-refractivity contribution in [2.75, 3.05) is 17.2 Å². The average Bonchev–Trinajstić information content (AvgIpc) is 2.70. The van der Waals surface area contributed by atoms with Gasteiger partial charge >= 0.3 is 0 Å². The normalized spacial score (nSPS) is 10.3. The minimum atomic E-state index is -0.286. The third-order valence-corrected chi connectivity index (χ3v) is 4.81. The summed E-state index contributed by atoms with van der Waals surface area (Å²) in [4.78, 5) is 24.9. The van der Waals surface area contributed by atoms with Gasteiger partial charge in [-0.25, -0.2) is 0 Å². The van der Waals surface area contributed by atoms with Gasteiger partial charge in [0.2, 0.25) is 0 Å². The van der Waals surface area contributed by atoms with Gasteiger partial charge < -0.3 is 15.4 Å². The summed E-state index contributed by atoms with van der Waals surface area (Å²) in [5.74, 6) is 0.119. The molecule has 3 aromatic rings. The van der Waals surface area contributed by atoms with Crippen molar-refractivity contribution in [1.29, 1.82) is 0 Å². The quantitative estimate of drug-likeness (QED) is 0.461. The molecule has 0 atom stereocenters. The van der Waals surface area contributed by atoms with Gasteiger partial charge in [0.1, 0.15) is 5.75 Å². The molecule has 5 nitrogen and oxygen atoms in total. The van der Waals surface area contributed by atoms with Gasteiger partial charge in [0, 0.05) is 27.5 Å². The second-order valence-electron chi connectivity index (χ2n) is 6.08. The van der Waals surface area contributed by atoms with Crippen LogP contribution in [-0.4, -0.2) is 18.4 Å². The van der Waals surface area contributed by atoms with E-state index in [2.05, 4.69) is 26.6 Å². The summed E-state index contributed by atoms with van der Waals surface area (Å²) in [7, 11) is 0. The SMILES string of the molecule is CCOc1ccc(C(=O)Nc2cccc(NC(=O)c3cccc(Cl)c3)c2)cc1Br. The maximum absolute atomic E-state index is 12.6. The van der Waals surface area contributed by atoms with Crippen LogP contribution in [0.2, 0.25) is 5.02 Å². The summed E-state index contributed by atoms with van der Waals surface area (Å²) in [5.41, 5.74) is 2.05. The van der Waals surface area contributed by atoms with Crippen molar-refractivity contribution in [3.8, 4) is 5.75 Å². The van der Waals surface area contributed by atoms with Crippen LogP contribution in [0.4, 0.5) is 11.4 Å². The summed E-state index contributed by atoms with van der Waals surface area (Å²) in [5, 5.41) is 6.11. The van der Waals surface area contributed by atoms with Crippen molar-refractivity contribution in [3.05, 3.63) is 87.4 Å². The van der Waals surface area contributed by atoms with E-state index >= 15 is 0 Å². The maximum atomic E-state index is 12.6. The number of ether oxygens (including phenoxy) is 1. The van der Waals surface area contributed by atoms with E-state index in [1.165, 1.54) is 0 Å². The molecule has 148 valence electrons. The Hall–Kier alpha value is -2.83. The van der Waals surface area contributed by atoms with Crippen molar-refractivity contribution in [1.82, 2.24) is 0 Å². The van der Waals surface area contributed by atoms with Crippen LogP contribution in [-0.2, 0) is 0 Å². The molecule has 0 saturated heterocycles. The molecule has 0 unspecified atom stereocenters. The molecular formula is C22H18BrClN2O3. The molecule has 2 N–H and O–H groups in total. The molecule has 0 aliphatic heterocycles. The number of nitrogens with one attached hydrogen (secondary N) is 2. The first kappa shape index (κ1) is 20.9. The highest BCUT2D eigenvalue weighted by atomic mass is 79.9. The van der Waals surface area contributed by atoms with Gasteiger partial charge in [-0.2, -0.15) is 0 Å². The average molecular weight is 474 g/mol. The Balaban J connectivity index is 1.70. The number of hydrogen-bond donors (Lipinski definition) is 2. The fraction of sp³-hybridized carbons (Fsp3) is 0.0909. The van der Waals surface area contributed by atoms with Gasteiger partial charge in [0.05, 0.1) is 11.1 Å². The highest BCUT2D eigenvalue weighted by molar-refractivity contribution is 9.10. The third-order valence-electron chi connectivity index (χ3n) is 3.96. The van der Waals surface area contributed by atoms with Crippen LogP contribution >= 0.6 is 27.5 Å². The Bertz CT molecular complexity index is 1060. The molecule has 0 aromatic heterocycles. The highest BCUT2D eigenvalue weighted by Crippen LogP contribution is 2.26. The minimum absolute atomic E-state index is 0.271. The molecule has 29 heavy (non-hydrogen) atoms. The maximum Gasteiger partial charge on any atom is 0.255 e. The zero-order valence-corrected chi connectivity index (χ0v) is 17.9. The van der Waals surface area contributed by atoms with E-state index in [1.807, 2.05) is 6.92 Å². The van der Waals surface area contributed by atoms with E-state index in [-0.39, 0.29) is 11.8 Å². The van der Waals surface area contributed by atoms with E-state index in [4.69, 9.17) is 16.3 Å². The zero-order chi connectivity index (χ0) is 20.8. The second-order valence-corrected chi connectivity index (χ2v) is 7.37. The first-order chi connectivity index (χ1) is 14.0. The monoisotopic (exact) mass is 472 g/mol. The van der Waals surface area contributed by atoms with Crippen LogP contribution in [0.15, 0.2) is 71.2 Å². The number of carbonyl (C=O) groups is 2. The molecule has 0 saturated carbocycles. The lowest BCUT2D eigenvalue weighted by molar-refractivity contribution is 0.101. The molecule has 0 heterocycles.